The van der Waals surface area contributed by atoms with Crippen molar-refractivity contribution in [3.05, 3.63) is 59.7 Å². The van der Waals surface area contributed by atoms with Crippen molar-refractivity contribution in [1.29, 1.82) is 0 Å². The molecule has 1 heterocycles. The van der Waals surface area contributed by atoms with E-state index in [-0.39, 0.29) is 12.1 Å². The van der Waals surface area contributed by atoms with Gasteiger partial charge in [0.15, 0.2) is 5.82 Å². The fourth-order valence-corrected chi connectivity index (χ4v) is 3.01. The lowest BCUT2D eigenvalue weighted by Crippen LogP contribution is -2.37. The third kappa shape index (κ3) is 3.08. The Morgan fingerprint density at radius 2 is 2.08 bits per heavy atom. The average molecular weight is 321 g/mol. The SMILES string of the molecule is Cc1nc(CNC(=O)N[C@@H]2C[C@H]2c2ccc3ccccc3c2)n[nH]1. The second-order valence-corrected chi connectivity index (χ2v) is 6.22. The molecule has 1 aliphatic carbocycles. The highest BCUT2D eigenvalue weighted by Gasteiger charge is 2.39. The normalized spacial score (nSPS) is 19.2. The van der Waals surface area contributed by atoms with E-state index in [0.29, 0.717) is 18.3 Å². The van der Waals surface area contributed by atoms with E-state index in [1.807, 2.05) is 19.1 Å². The van der Waals surface area contributed by atoms with Crippen LogP contribution in [0.25, 0.3) is 10.8 Å². The lowest BCUT2D eigenvalue weighted by atomic mass is 10.0. The lowest BCUT2D eigenvalue weighted by molar-refractivity contribution is 0.239. The smallest absolute Gasteiger partial charge is 0.315 e. The van der Waals surface area contributed by atoms with Crippen LogP contribution in [-0.4, -0.2) is 27.3 Å². The minimum absolute atomic E-state index is 0.175. The Kier molecular flexibility index (Phi) is 3.65. The van der Waals surface area contributed by atoms with Crippen LogP contribution in [0.3, 0.4) is 0 Å². The van der Waals surface area contributed by atoms with E-state index in [0.717, 1.165) is 12.2 Å². The molecule has 0 bridgehead atoms. The van der Waals surface area contributed by atoms with Gasteiger partial charge in [0, 0.05) is 12.0 Å². The Hall–Kier alpha value is -2.89. The molecule has 0 spiro atoms. The van der Waals surface area contributed by atoms with Crippen molar-refractivity contribution < 1.29 is 4.79 Å². The largest absolute Gasteiger partial charge is 0.335 e. The van der Waals surface area contributed by atoms with E-state index >= 15 is 0 Å². The number of benzene rings is 2. The molecule has 1 fully saturated rings. The first-order valence-electron chi connectivity index (χ1n) is 8.10. The second-order valence-electron chi connectivity index (χ2n) is 6.22. The van der Waals surface area contributed by atoms with Gasteiger partial charge in [0.1, 0.15) is 5.82 Å². The molecule has 0 saturated heterocycles. The maximum Gasteiger partial charge on any atom is 0.315 e. The summed E-state index contributed by atoms with van der Waals surface area (Å²) < 4.78 is 0. The molecule has 4 rings (SSSR count). The Morgan fingerprint density at radius 1 is 1.25 bits per heavy atom. The Bertz CT molecular complexity index is 888. The molecule has 3 aromatic rings. The number of amides is 2. The molecule has 122 valence electrons. The number of carbonyl (C=O) groups excluding carboxylic acids is 1. The molecular formula is C18H19N5O. The van der Waals surface area contributed by atoms with Crippen LogP contribution in [0.5, 0.6) is 0 Å². The van der Waals surface area contributed by atoms with E-state index in [1.54, 1.807) is 0 Å². The number of carbonyl (C=O) groups is 1. The first-order chi connectivity index (χ1) is 11.7. The molecule has 2 aromatic carbocycles. The third-order valence-electron chi connectivity index (χ3n) is 4.36. The fraction of sp³-hybridized carbons (Fsp3) is 0.278. The highest BCUT2D eigenvalue weighted by Crippen LogP contribution is 2.41. The first kappa shape index (κ1) is 14.7. The van der Waals surface area contributed by atoms with Crippen LogP contribution in [0.4, 0.5) is 4.79 Å². The summed E-state index contributed by atoms with van der Waals surface area (Å²) in [6, 6.07) is 14.9. The standard InChI is InChI=1S/C18H19N5O/c1-11-20-17(23-22-11)10-19-18(24)21-16-9-15(16)14-7-6-12-4-2-3-5-13(12)8-14/h2-8,15-16H,9-10H2,1H3,(H2,19,21,24)(H,20,22,23)/t15-,16+/m0/s1. The Balaban J connectivity index is 1.33. The number of aromatic amines is 1. The number of aromatic nitrogens is 3. The van der Waals surface area contributed by atoms with Crippen LogP contribution in [0.2, 0.25) is 0 Å². The molecule has 1 aliphatic rings. The van der Waals surface area contributed by atoms with Crippen molar-refractivity contribution in [2.24, 2.45) is 0 Å². The maximum atomic E-state index is 12.0. The number of rotatable bonds is 4. The second kappa shape index (κ2) is 5.96. The van der Waals surface area contributed by atoms with Crippen molar-refractivity contribution in [1.82, 2.24) is 25.8 Å². The molecule has 0 radical (unpaired) electrons. The molecule has 0 unspecified atom stereocenters. The number of nitrogens with one attached hydrogen (secondary N) is 3. The van der Waals surface area contributed by atoms with E-state index in [4.69, 9.17) is 0 Å². The molecular weight excluding hydrogens is 302 g/mol. The monoisotopic (exact) mass is 321 g/mol. The number of aryl methyl sites for hydroxylation is 1. The van der Waals surface area contributed by atoms with Gasteiger partial charge in [-0.05, 0) is 29.7 Å². The van der Waals surface area contributed by atoms with E-state index in [2.05, 4.69) is 56.1 Å². The highest BCUT2D eigenvalue weighted by molar-refractivity contribution is 5.83. The lowest BCUT2D eigenvalue weighted by Gasteiger charge is -2.07. The van der Waals surface area contributed by atoms with Crippen molar-refractivity contribution in [3.63, 3.8) is 0 Å². The third-order valence-corrected chi connectivity index (χ3v) is 4.36. The summed E-state index contributed by atoms with van der Waals surface area (Å²) in [6.45, 7) is 2.15. The molecule has 2 amide bonds. The number of urea groups is 1. The predicted molar refractivity (Wildman–Crippen MR) is 91.6 cm³/mol. The molecule has 1 aromatic heterocycles. The topological polar surface area (TPSA) is 82.7 Å². The zero-order chi connectivity index (χ0) is 16.5. The fourth-order valence-electron chi connectivity index (χ4n) is 3.01. The van der Waals surface area contributed by atoms with Crippen molar-refractivity contribution in [2.75, 3.05) is 0 Å². The number of hydrogen-bond donors (Lipinski definition) is 3. The van der Waals surface area contributed by atoms with Crippen LogP contribution in [-0.2, 0) is 6.54 Å². The zero-order valence-electron chi connectivity index (χ0n) is 13.4. The number of nitrogens with zero attached hydrogens (tertiary/aromatic N) is 2. The summed E-state index contributed by atoms with van der Waals surface area (Å²) in [5, 5.41) is 15.0. The van der Waals surface area contributed by atoms with E-state index in [1.165, 1.54) is 16.3 Å². The van der Waals surface area contributed by atoms with Crippen LogP contribution in [0.15, 0.2) is 42.5 Å². The van der Waals surface area contributed by atoms with Crippen molar-refractivity contribution in [2.45, 2.75) is 31.8 Å². The van der Waals surface area contributed by atoms with E-state index in [9.17, 15) is 4.79 Å². The van der Waals surface area contributed by atoms with Gasteiger partial charge in [0.05, 0.1) is 6.54 Å². The molecule has 1 saturated carbocycles. The van der Waals surface area contributed by atoms with Gasteiger partial charge < -0.3 is 10.6 Å². The van der Waals surface area contributed by atoms with Gasteiger partial charge in [-0.1, -0.05) is 42.5 Å². The van der Waals surface area contributed by atoms with Gasteiger partial charge >= 0.3 is 6.03 Å². The molecule has 0 aliphatic heterocycles. The van der Waals surface area contributed by atoms with Crippen LogP contribution < -0.4 is 10.6 Å². The van der Waals surface area contributed by atoms with Gasteiger partial charge in [-0.15, -0.1) is 0 Å². The summed E-state index contributed by atoms with van der Waals surface area (Å²) in [4.78, 5) is 16.1. The Morgan fingerprint density at radius 3 is 2.88 bits per heavy atom. The minimum atomic E-state index is -0.175. The van der Waals surface area contributed by atoms with Crippen LogP contribution in [0, 0.1) is 6.92 Å². The maximum absolute atomic E-state index is 12.0. The molecule has 6 nitrogen and oxygen atoms in total. The summed E-state index contributed by atoms with van der Waals surface area (Å²) >= 11 is 0. The molecule has 24 heavy (non-hydrogen) atoms. The average Bonchev–Trinajstić information content (AvgIpc) is 3.23. The van der Waals surface area contributed by atoms with Gasteiger partial charge in [0.25, 0.3) is 0 Å². The minimum Gasteiger partial charge on any atom is -0.335 e. The summed E-state index contributed by atoms with van der Waals surface area (Å²) in [6.07, 6.45) is 0.978. The van der Waals surface area contributed by atoms with Gasteiger partial charge in [-0.3, -0.25) is 5.10 Å². The van der Waals surface area contributed by atoms with Crippen LogP contribution >= 0.6 is 0 Å². The van der Waals surface area contributed by atoms with Gasteiger partial charge in [0.2, 0.25) is 0 Å². The highest BCUT2D eigenvalue weighted by atomic mass is 16.2. The molecule has 6 heteroatoms. The number of fused-ring (bicyclic) bond motifs is 1. The van der Waals surface area contributed by atoms with Gasteiger partial charge in [-0.2, -0.15) is 5.10 Å². The van der Waals surface area contributed by atoms with Gasteiger partial charge in [-0.25, -0.2) is 9.78 Å². The Labute approximate surface area is 139 Å². The molecule has 3 N–H and O–H groups in total. The van der Waals surface area contributed by atoms with Crippen LogP contribution in [0.1, 0.15) is 29.6 Å². The zero-order valence-corrected chi connectivity index (χ0v) is 13.4. The number of H-pyrrole nitrogens is 1. The summed E-state index contributed by atoms with van der Waals surface area (Å²) in [5.41, 5.74) is 1.28. The predicted octanol–water partition coefficient (Wildman–Crippen LogP) is 2.62. The van der Waals surface area contributed by atoms with E-state index < -0.39 is 0 Å². The summed E-state index contributed by atoms with van der Waals surface area (Å²) in [5.74, 6) is 1.72. The number of hydrogen-bond acceptors (Lipinski definition) is 3. The van der Waals surface area contributed by atoms with Crippen molar-refractivity contribution in [3.8, 4) is 0 Å². The quantitative estimate of drug-likeness (QED) is 0.691. The first-order valence-corrected chi connectivity index (χ1v) is 8.10. The summed E-state index contributed by atoms with van der Waals surface area (Å²) in [7, 11) is 0. The van der Waals surface area contributed by atoms with Crippen molar-refractivity contribution >= 4 is 16.8 Å². The molecule has 2 atom stereocenters.